The Bertz CT molecular complexity index is 2560. The Labute approximate surface area is 368 Å². The Balaban J connectivity index is 1.34. The van der Waals surface area contributed by atoms with E-state index in [4.69, 9.17) is 21.7 Å². The fourth-order valence-corrected chi connectivity index (χ4v) is 14.8. The van der Waals surface area contributed by atoms with E-state index in [1.807, 2.05) is 121 Å². The van der Waals surface area contributed by atoms with Crippen LogP contribution in [0.5, 0.6) is 0 Å². The molecule has 6 aromatic carbocycles. The molecule has 1 heterocycles. The molecule has 3 atom stereocenters. The molecule has 0 spiro atoms. The van der Waals surface area contributed by atoms with E-state index in [-0.39, 0.29) is 47.7 Å². The number of hydrogen-bond donors (Lipinski definition) is 1. The van der Waals surface area contributed by atoms with Crippen molar-refractivity contribution >= 4 is 68.7 Å². The van der Waals surface area contributed by atoms with Crippen molar-refractivity contribution in [3.63, 3.8) is 0 Å². The molecule has 1 fully saturated rings. The van der Waals surface area contributed by atoms with Crippen LogP contribution in [-0.2, 0) is 27.5 Å². The van der Waals surface area contributed by atoms with Gasteiger partial charge < -0.3 is 0 Å². The minimum atomic E-state index is -4.77. The van der Waals surface area contributed by atoms with Gasteiger partial charge in [0.15, 0.2) is 0 Å². The van der Waals surface area contributed by atoms with Crippen molar-refractivity contribution in [3.8, 4) is 0 Å². The molecule has 1 aliphatic rings. The molecule has 0 bridgehead atoms. The van der Waals surface area contributed by atoms with Gasteiger partial charge in [-0.25, -0.2) is 0 Å². The number of thiocarbonyl (C=S) groups is 1. The van der Waals surface area contributed by atoms with Gasteiger partial charge in [-0.1, -0.05) is 6.07 Å². The summed E-state index contributed by atoms with van der Waals surface area (Å²) in [5.74, 6) is -1.22. The summed E-state index contributed by atoms with van der Waals surface area (Å²) in [4.78, 5) is 69.2. The van der Waals surface area contributed by atoms with Crippen LogP contribution in [-0.4, -0.2) is 55.7 Å². The summed E-state index contributed by atoms with van der Waals surface area (Å²) in [5.41, 5.74) is 0.0991. The van der Waals surface area contributed by atoms with Crippen LogP contribution < -0.4 is 21.2 Å². The van der Waals surface area contributed by atoms with Crippen LogP contribution in [0.4, 0.5) is 21.0 Å². The molecule has 0 saturated carbocycles. The fourth-order valence-electron chi connectivity index (χ4n) is 8.53. The second-order valence-corrected chi connectivity index (χ2v) is 20.5. The number of ether oxygens (including phenoxy) is 2. The van der Waals surface area contributed by atoms with E-state index in [1.165, 1.54) is 30.3 Å². The molecule has 320 valence electrons. The predicted octanol–water partition coefficient (Wildman–Crippen LogP) is 8.58. The molecule has 7 rings (SSSR count). The number of alkyl carbamates (subject to hydrolysis) is 1. The molecule has 1 saturated heterocycles. The van der Waals surface area contributed by atoms with Crippen LogP contribution in [0, 0.1) is 26.1 Å². The molecule has 1 N–H and O–H groups in total. The number of para-hydroxylation sites is 2. The van der Waals surface area contributed by atoms with Crippen LogP contribution in [0.15, 0.2) is 170 Å². The second kappa shape index (κ2) is 18.9. The quantitative estimate of drug-likeness (QED) is 0.0234. The van der Waals surface area contributed by atoms with Gasteiger partial charge in [-0.05, 0) is 0 Å². The molecule has 0 aromatic heterocycles. The summed E-state index contributed by atoms with van der Waals surface area (Å²) in [6.45, 7) is -3.89. The van der Waals surface area contributed by atoms with Crippen molar-refractivity contribution in [1.82, 2.24) is 10.2 Å². The minimum absolute atomic E-state index is 0.175. The van der Waals surface area contributed by atoms with Crippen molar-refractivity contribution in [2.45, 2.75) is 38.6 Å². The zero-order valence-corrected chi connectivity index (χ0v) is 35.8. The van der Waals surface area contributed by atoms with E-state index < -0.39 is 52.9 Å². The molecule has 3 unspecified atom stereocenters. The van der Waals surface area contributed by atoms with Gasteiger partial charge in [0.2, 0.25) is 0 Å². The van der Waals surface area contributed by atoms with Gasteiger partial charge in [0, 0.05) is 0 Å². The van der Waals surface area contributed by atoms with Crippen LogP contribution in [0.1, 0.15) is 30.0 Å². The molecule has 1 aliphatic heterocycles. The van der Waals surface area contributed by atoms with Crippen LogP contribution in [0.3, 0.4) is 0 Å². The molecule has 63 heavy (non-hydrogen) atoms. The first kappa shape index (κ1) is 43.9. The standard InChI is InChI=1S/C48H43N4O9PS/c1-34(49-47(54)60-31-36-20-14-16-28-41(36)51(56)57)45-43(30-44(63)35-18-6-2-7-19-35)50(46(45)53)33-62(38-22-8-3-9-23-38,39-24-10-4-11-25-39,40-26-12-5-13-27-40)48(55)61-32-37-21-15-17-29-42(37)52(58)59/h2-29,34,43,45H,30-33H2,1H3,(H,49,54). The zero-order valence-electron chi connectivity index (χ0n) is 34.1. The molecular weight excluding hydrogens is 840 g/mol. The Morgan fingerprint density at radius 1 is 0.667 bits per heavy atom. The van der Waals surface area contributed by atoms with Crippen molar-refractivity contribution in [1.29, 1.82) is 0 Å². The van der Waals surface area contributed by atoms with Gasteiger partial charge in [0.1, 0.15) is 0 Å². The van der Waals surface area contributed by atoms with Crippen LogP contribution >= 0.6 is 18.8 Å². The molecule has 0 radical (unpaired) electrons. The molecular formula is C48H43N4O9PS. The number of rotatable bonds is 17. The third-order valence-corrected chi connectivity index (χ3v) is 18.2. The normalized spacial score (nSPS) is 15.7. The number of nitrogens with zero attached hydrogens (tertiary/aromatic N) is 3. The average Bonchev–Trinajstić information content (AvgIpc) is 3.31. The van der Waals surface area contributed by atoms with E-state index in [9.17, 15) is 25.0 Å². The number of β-lactam (4-membered cyclic amide) rings is 1. The molecule has 0 aliphatic carbocycles. The zero-order chi connectivity index (χ0) is 44.6. The number of benzene rings is 6. The van der Waals surface area contributed by atoms with Gasteiger partial charge in [0.05, 0.1) is 0 Å². The van der Waals surface area contributed by atoms with Crippen LogP contribution in [0.25, 0.3) is 0 Å². The summed E-state index contributed by atoms with van der Waals surface area (Å²) in [7, 11) is 0. The SMILES string of the molecule is CC(NC(=O)OCc1ccccc1[N+](=O)[O-])C1C(=O)N(CP(C(=O)OCc2ccccc2[N+](=O)[O-])(c2ccccc2)(c2ccccc2)c2ccccc2)C1CC(=S)c1ccccc1. The van der Waals surface area contributed by atoms with Gasteiger partial charge >= 0.3 is 354 Å². The number of carbonyl (C=O) groups is 3. The monoisotopic (exact) mass is 882 g/mol. The summed E-state index contributed by atoms with van der Waals surface area (Å²) < 4.78 is 11.8. The first-order chi connectivity index (χ1) is 30.5. The summed E-state index contributed by atoms with van der Waals surface area (Å²) in [5, 5.41) is 28.3. The molecule has 15 heteroatoms. The maximum atomic E-state index is 16.0. The summed E-state index contributed by atoms with van der Waals surface area (Å²) >= 11 is 6.03. The number of amides is 2. The van der Waals surface area contributed by atoms with E-state index in [2.05, 4.69) is 5.32 Å². The number of hydrogen-bond acceptors (Lipinski definition) is 10. The Kier molecular flexibility index (Phi) is 13.1. The first-order valence-electron chi connectivity index (χ1n) is 20.1. The Morgan fingerprint density at radius 2 is 1.08 bits per heavy atom. The average molecular weight is 883 g/mol. The number of nitro groups is 2. The van der Waals surface area contributed by atoms with Crippen molar-refractivity contribution in [2.75, 3.05) is 6.29 Å². The Hall–Kier alpha value is -7.15. The molecule has 2 amide bonds. The van der Waals surface area contributed by atoms with Gasteiger partial charge in [-0.2, -0.15) is 0 Å². The van der Waals surface area contributed by atoms with E-state index in [0.717, 1.165) is 5.56 Å². The molecule has 13 nitrogen and oxygen atoms in total. The van der Waals surface area contributed by atoms with Crippen LogP contribution in [0.2, 0.25) is 0 Å². The van der Waals surface area contributed by atoms with E-state index in [1.54, 1.807) is 30.0 Å². The number of nitro benzene ring substituents is 2. The maximum absolute atomic E-state index is 16.0. The van der Waals surface area contributed by atoms with E-state index in [0.29, 0.717) is 20.8 Å². The second-order valence-electron chi connectivity index (χ2n) is 15.2. The van der Waals surface area contributed by atoms with Crippen molar-refractivity contribution in [2.24, 2.45) is 5.92 Å². The topological polar surface area (TPSA) is 171 Å². The number of nitrogens with one attached hydrogen (secondary N) is 1. The van der Waals surface area contributed by atoms with E-state index >= 15 is 9.59 Å². The van der Waals surface area contributed by atoms with Crippen molar-refractivity contribution in [3.05, 3.63) is 207 Å². The summed E-state index contributed by atoms with van der Waals surface area (Å²) in [6, 6.07) is 47.4. The fraction of sp³-hybridized carbons (Fsp3) is 0.167. The third kappa shape index (κ3) is 8.42. The van der Waals surface area contributed by atoms with Gasteiger partial charge in [-0.15, -0.1) is 0 Å². The summed E-state index contributed by atoms with van der Waals surface area (Å²) in [6.07, 6.45) is -0.873. The molecule has 6 aromatic rings. The van der Waals surface area contributed by atoms with Gasteiger partial charge in [-0.3, -0.25) is 10.1 Å². The van der Waals surface area contributed by atoms with Gasteiger partial charge in [0.25, 0.3) is 0 Å². The third-order valence-electron chi connectivity index (χ3n) is 11.7. The first-order valence-corrected chi connectivity index (χ1v) is 22.9. The number of carbonyl (C=O) groups excluding carboxylic acids is 3. The number of likely N-dealkylation sites (tertiary alicyclic amines) is 1. The predicted molar refractivity (Wildman–Crippen MR) is 246 cm³/mol. The Morgan fingerprint density at radius 3 is 1.54 bits per heavy atom. The van der Waals surface area contributed by atoms with Crippen molar-refractivity contribution < 1.29 is 33.7 Å².